The molecule has 0 radical (unpaired) electrons. The molecule has 0 N–H and O–H groups in total. The molecule has 1 saturated heterocycles. The standard InChI is InChI=1S/C21H29NO3/c1-13-9-15(10-14(2)19(13)24-6)16-11-17-7-8-18(12-16)22(17)20(23)25-21(3,4)5/h9-11,17-18H,7-8,12H2,1-6H3. The minimum absolute atomic E-state index is 0.145. The minimum atomic E-state index is -0.454. The Balaban J connectivity index is 1.86. The second kappa shape index (κ2) is 6.40. The van der Waals surface area contributed by atoms with Crippen molar-refractivity contribution >= 4 is 11.7 Å². The predicted molar refractivity (Wildman–Crippen MR) is 99.9 cm³/mol. The van der Waals surface area contributed by atoms with E-state index in [0.29, 0.717) is 0 Å². The van der Waals surface area contributed by atoms with Gasteiger partial charge >= 0.3 is 6.09 Å². The zero-order valence-electron chi connectivity index (χ0n) is 16.2. The van der Waals surface area contributed by atoms with Crippen molar-refractivity contribution < 1.29 is 14.3 Å². The Morgan fingerprint density at radius 2 is 1.80 bits per heavy atom. The number of ether oxygens (including phenoxy) is 2. The normalized spacial score (nSPS) is 22.6. The molecule has 136 valence electrons. The van der Waals surface area contributed by atoms with Crippen LogP contribution in [0, 0.1) is 13.8 Å². The van der Waals surface area contributed by atoms with Crippen LogP contribution >= 0.6 is 0 Å². The van der Waals surface area contributed by atoms with Gasteiger partial charge in [0.15, 0.2) is 0 Å². The van der Waals surface area contributed by atoms with Crippen molar-refractivity contribution in [2.75, 3.05) is 7.11 Å². The van der Waals surface area contributed by atoms with E-state index in [2.05, 4.69) is 32.1 Å². The highest BCUT2D eigenvalue weighted by atomic mass is 16.6. The molecule has 1 fully saturated rings. The van der Waals surface area contributed by atoms with Crippen molar-refractivity contribution in [3.63, 3.8) is 0 Å². The quantitative estimate of drug-likeness (QED) is 0.769. The van der Waals surface area contributed by atoms with Gasteiger partial charge in [0, 0.05) is 6.04 Å². The fraction of sp³-hybridized carbons (Fsp3) is 0.571. The summed E-state index contributed by atoms with van der Waals surface area (Å²) in [6, 6.07) is 4.77. The van der Waals surface area contributed by atoms with Crippen molar-refractivity contribution in [2.24, 2.45) is 0 Å². The van der Waals surface area contributed by atoms with Crippen molar-refractivity contribution in [2.45, 2.75) is 71.6 Å². The SMILES string of the molecule is COc1c(C)cc(C2=CC3CCC(C2)N3C(=O)OC(C)(C)C)cc1C. The second-order valence-electron chi connectivity index (χ2n) is 8.23. The van der Waals surface area contributed by atoms with Crippen LogP contribution in [-0.4, -0.2) is 35.8 Å². The predicted octanol–water partition coefficient (Wildman–Crippen LogP) is 4.87. The third-order valence-electron chi connectivity index (χ3n) is 5.04. The Hall–Kier alpha value is -1.97. The summed E-state index contributed by atoms with van der Waals surface area (Å²) in [5, 5.41) is 0. The van der Waals surface area contributed by atoms with Gasteiger partial charge in [-0.05, 0) is 88.3 Å². The molecule has 2 bridgehead atoms. The van der Waals surface area contributed by atoms with Crippen LogP contribution in [0.4, 0.5) is 4.79 Å². The van der Waals surface area contributed by atoms with Gasteiger partial charge in [-0.15, -0.1) is 0 Å². The zero-order chi connectivity index (χ0) is 18.4. The number of carbonyl (C=O) groups is 1. The van der Waals surface area contributed by atoms with Crippen LogP contribution in [-0.2, 0) is 4.74 Å². The van der Waals surface area contributed by atoms with Crippen LogP contribution in [0.5, 0.6) is 5.75 Å². The molecule has 2 heterocycles. The summed E-state index contributed by atoms with van der Waals surface area (Å²) in [6.45, 7) is 9.92. The number of hydrogen-bond acceptors (Lipinski definition) is 3. The van der Waals surface area contributed by atoms with Crippen LogP contribution in [0.25, 0.3) is 5.57 Å². The van der Waals surface area contributed by atoms with E-state index in [0.717, 1.165) is 36.1 Å². The maximum Gasteiger partial charge on any atom is 0.411 e. The fourth-order valence-electron chi connectivity index (χ4n) is 4.10. The van der Waals surface area contributed by atoms with Gasteiger partial charge in [0.2, 0.25) is 0 Å². The Kier molecular flexibility index (Phi) is 4.56. The number of benzene rings is 1. The summed E-state index contributed by atoms with van der Waals surface area (Å²) in [4.78, 5) is 14.5. The van der Waals surface area contributed by atoms with E-state index in [9.17, 15) is 4.79 Å². The molecular weight excluding hydrogens is 314 g/mol. The molecule has 2 unspecified atom stereocenters. The van der Waals surface area contributed by atoms with Crippen LogP contribution in [0.3, 0.4) is 0 Å². The molecule has 0 spiro atoms. The van der Waals surface area contributed by atoms with E-state index in [-0.39, 0.29) is 18.2 Å². The van der Waals surface area contributed by atoms with Gasteiger partial charge < -0.3 is 9.47 Å². The van der Waals surface area contributed by atoms with E-state index in [1.807, 2.05) is 25.7 Å². The smallest absolute Gasteiger partial charge is 0.411 e. The summed E-state index contributed by atoms with van der Waals surface area (Å²) >= 11 is 0. The first-order valence-electron chi connectivity index (χ1n) is 9.07. The number of amides is 1. The van der Waals surface area contributed by atoms with Gasteiger partial charge in [0.05, 0.1) is 13.2 Å². The lowest BCUT2D eigenvalue weighted by Gasteiger charge is -2.35. The molecule has 0 aromatic heterocycles. The first kappa shape index (κ1) is 17.8. The van der Waals surface area contributed by atoms with E-state index in [4.69, 9.17) is 9.47 Å². The first-order valence-corrected chi connectivity index (χ1v) is 9.07. The minimum Gasteiger partial charge on any atom is -0.496 e. The molecule has 25 heavy (non-hydrogen) atoms. The van der Waals surface area contributed by atoms with Crippen molar-refractivity contribution in [3.8, 4) is 5.75 Å². The van der Waals surface area contributed by atoms with Crippen molar-refractivity contribution in [3.05, 3.63) is 34.9 Å². The van der Waals surface area contributed by atoms with E-state index < -0.39 is 5.60 Å². The number of fused-ring (bicyclic) bond motifs is 2. The average molecular weight is 343 g/mol. The molecule has 4 nitrogen and oxygen atoms in total. The molecule has 1 aromatic rings. The highest BCUT2D eigenvalue weighted by Gasteiger charge is 2.41. The number of rotatable bonds is 2. The van der Waals surface area contributed by atoms with E-state index >= 15 is 0 Å². The lowest BCUT2D eigenvalue weighted by Crippen LogP contribution is -2.45. The molecule has 0 aliphatic carbocycles. The van der Waals surface area contributed by atoms with Crippen molar-refractivity contribution in [1.29, 1.82) is 0 Å². The lowest BCUT2D eigenvalue weighted by molar-refractivity contribution is 0.0175. The number of aryl methyl sites for hydroxylation is 2. The third-order valence-corrected chi connectivity index (χ3v) is 5.04. The number of nitrogens with zero attached hydrogens (tertiary/aromatic N) is 1. The molecule has 2 aliphatic rings. The van der Waals surface area contributed by atoms with Gasteiger partial charge in [0.25, 0.3) is 0 Å². The van der Waals surface area contributed by atoms with Crippen LogP contribution in [0.15, 0.2) is 18.2 Å². The Bertz CT molecular complexity index is 691. The Morgan fingerprint density at radius 1 is 1.16 bits per heavy atom. The van der Waals surface area contributed by atoms with Crippen LogP contribution in [0.1, 0.15) is 56.7 Å². The van der Waals surface area contributed by atoms with Gasteiger partial charge in [-0.3, -0.25) is 4.90 Å². The fourth-order valence-corrected chi connectivity index (χ4v) is 4.10. The summed E-state index contributed by atoms with van der Waals surface area (Å²) in [5.74, 6) is 0.957. The monoisotopic (exact) mass is 343 g/mol. The highest BCUT2D eigenvalue weighted by molar-refractivity contribution is 5.76. The molecule has 4 heteroatoms. The Labute approximate surface area is 150 Å². The molecule has 1 amide bonds. The van der Waals surface area contributed by atoms with Gasteiger partial charge in [0.1, 0.15) is 11.4 Å². The maximum absolute atomic E-state index is 12.6. The summed E-state index contributed by atoms with van der Waals surface area (Å²) in [5.41, 5.74) is 4.43. The lowest BCUT2D eigenvalue weighted by atomic mass is 9.92. The van der Waals surface area contributed by atoms with Gasteiger partial charge in [-0.2, -0.15) is 0 Å². The number of methoxy groups -OCH3 is 1. The zero-order valence-corrected chi connectivity index (χ0v) is 16.2. The van der Waals surface area contributed by atoms with Gasteiger partial charge in [-0.25, -0.2) is 4.79 Å². The molecule has 1 aromatic carbocycles. The van der Waals surface area contributed by atoms with E-state index in [1.165, 1.54) is 11.1 Å². The summed E-state index contributed by atoms with van der Waals surface area (Å²) in [7, 11) is 1.72. The second-order valence-corrected chi connectivity index (χ2v) is 8.23. The number of carbonyl (C=O) groups excluding carboxylic acids is 1. The Morgan fingerprint density at radius 3 is 2.32 bits per heavy atom. The topological polar surface area (TPSA) is 38.8 Å². The summed E-state index contributed by atoms with van der Waals surface area (Å²) < 4.78 is 11.1. The first-order chi connectivity index (χ1) is 11.7. The van der Waals surface area contributed by atoms with Crippen LogP contribution in [0.2, 0.25) is 0 Å². The average Bonchev–Trinajstić information content (AvgIpc) is 2.76. The molecular formula is C21H29NO3. The number of hydrogen-bond donors (Lipinski definition) is 0. The van der Waals surface area contributed by atoms with Crippen molar-refractivity contribution in [1.82, 2.24) is 4.90 Å². The molecule has 0 saturated carbocycles. The van der Waals surface area contributed by atoms with Crippen LogP contribution < -0.4 is 4.74 Å². The summed E-state index contributed by atoms with van der Waals surface area (Å²) in [6.07, 6.45) is 5.02. The highest BCUT2D eigenvalue weighted by Crippen LogP contribution is 2.40. The van der Waals surface area contributed by atoms with E-state index in [1.54, 1.807) is 7.11 Å². The maximum atomic E-state index is 12.6. The molecule has 2 aliphatic heterocycles. The molecule has 2 atom stereocenters. The largest absolute Gasteiger partial charge is 0.496 e. The van der Waals surface area contributed by atoms with Gasteiger partial charge in [-0.1, -0.05) is 6.08 Å². The molecule has 3 rings (SSSR count). The third kappa shape index (κ3) is 3.53.